The minimum absolute atomic E-state index is 0.00518. The summed E-state index contributed by atoms with van der Waals surface area (Å²) in [6.07, 6.45) is -0.582. The maximum absolute atomic E-state index is 14.6. The number of anilines is 2. The molecule has 0 radical (unpaired) electrons. The van der Waals surface area contributed by atoms with Crippen LogP contribution in [0.1, 0.15) is 0 Å². The topological polar surface area (TPSA) is 96.0 Å². The molecule has 3 fully saturated rings. The number of carbonyl (C=O) groups excluding carboxylic acids is 1. The summed E-state index contributed by atoms with van der Waals surface area (Å²) in [6, 6.07) is 2.13. The first-order valence-electron chi connectivity index (χ1n) is 8.57. The number of nitrogens with one attached hydrogen (secondary N) is 1. The van der Waals surface area contributed by atoms with Crippen molar-refractivity contribution in [3.05, 3.63) is 23.8 Å². The summed E-state index contributed by atoms with van der Waals surface area (Å²) in [7, 11) is -4.28. The fourth-order valence-corrected chi connectivity index (χ4v) is 5.97. The van der Waals surface area contributed by atoms with E-state index >= 15 is 0 Å². The van der Waals surface area contributed by atoms with E-state index in [-0.39, 0.29) is 29.9 Å². The summed E-state index contributed by atoms with van der Waals surface area (Å²) in [5.41, 5.74) is -0.249. The van der Waals surface area contributed by atoms with Gasteiger partial charge in [-0.1, -0.05) is 0 Å². The van der Waals surface area contributed by atoms with Gasteiger partial charge >= 0.3 is 6.09 Å². The summed E-state index contributed by atoms with van der Waals surface area (Å²) in [5, 5.41) is 0. The number of carbonyl (C=O) groups is 1. The molecule has 12 heteroatoms. The maximum Gasteiger partial charge on any atom is 0.414 e. The smallest absolute Gasteiger partial charge is 0.414 e. The SMILES string of the molecule is CS(=O)(=O)NCC1CN(c2cc(F)c(N3CC4(C3)CS(=O)C4)c(F)c2)C(=O)O1. The Labute approximate surface area is 163 Å². The zero-order chi connectivity index (χ0) is 20.3. The van der Waals surface area contributed by atoms with E-state index in [0.29, 0.717) is 24.6 Å². The second kappa shape index (κ2) is 6.63. The Morgan fingerprint density at radius 2 is 1.89 bits per heavy atom. The van der Waals surface area contributed by atoms with Crippen LogP contribution < -0.4 is 14.5 Å². The van der Waals surface area contributed by atoms with Crippen LogP contribution in [-0.2, 0) is 25.6 Å². The fourth-order valence-electron chi connectivity index (χ4n) is 3.84. The molecular weight excluding hydrogens is 416 g/mol. The first-order chi connectivity index (χ1) is 13.1. The van der Waals surface area contributed by atoms with Gasteiger partial charge in [0.25, 0.3) is 0 Å². The van der Waals surface area contributed by atoms with Gasteiger partial charge in [-0.3, -0.25) is 9.11 Å². The lowest BCUT2D eigenvalue weighted by Gasteiger charge is -2.55. The molecular formula is C16H19F2N3O5S2. The molecule has 1 spiro atoms. The molecule has 3 heterocycles. The summed E-state index contributed by atoms with van der Waals surface area (Å²) in [4.78, 5) is 14.7. The Kier molecular flexibility index (Phi) is 4.62. The van der Waals surface area contributed by atoms with Gasteiger partial charge in [-0.25, -0.2) is 26.7 Å². The predicted octanol–water partition coefficient (Wildman–Crippen LogP) is 0.408. The third kappa shape index (κ3) is 3.60. The van der Waals surface area contributed by atoms with E-state index in [1.807, 2.05) is 0 Å². The van der Waals surface area contributed by atoms with Gasteiger partial charge in [0, 0.05) is 59.5 Å². The van der Waals surface area contributed by atoms with Crippen LogP contribution in [-0.4, -0.2) is 68.8 Å². The van der Waals surface area contributed by atoms with Crippen molar-refractivity contribution < 1.29 is 30.9 Å². The molecule has 0 bridgehead atoms. The van der Waals surface area contributed by atoms with Gasteiger partial charge in [0.1, 0.15) is 11.8 Å². The van der Waals surface area contributed by atoms with Crippen molar-refractivity contribution in [1.82, 2.24) is 4.72 Å². The fraction of sp³-hybridized carbons (Fsp3) is 0.562. The Morgan fingerprint density at radius 3 is 2.43 bits per heavy atom. The molecule has 1 amide bonds. The lowest BCUT2D eigenvalue weighted by molar-refractivity contribution is 0.143. The zero-order valence-corrected chi connectivity index (χ0v) is 16.6. The highest BCUT2D eigenvalue weighted by Gasteiger charge is 2.52. The highest BCUT2D eigenvalue weighted by molar-refractivity contribution is 7.88. The van der Waals surface area contributed by atoms with E-state index in [0.717, 1.165) is 23.3 Å². The number of sulfonamides is 1. The van der Waals surface area contributed by atoms with Gasteiger partial charge in [0.15, 0.2) is 11.6 Å². The van der Waals surface area contributed by atoms with Gasteiger partial charge < -0.3 is 9.64 Å². The molecule has 154 valence electrons. The normalized spacial score (nSPS) is 24.2. The van der Waals surface area contributed by atoms with E-state index in [9.17, 15) is 26.2 Å². The quantitative estimate of drug-likeness (QED) is 0.720. The Bertz CT molecular complexity index is 932. The van der Waals surface area contributed by atoms with Crippen molar-refractivity contribution in [1.29, 1.82) is 0 Å². The lowest BCUT2D eigenvalue weighted by atomic mass is 9.82. The number of rotatable bonds is 5. The number of cyclic esters (lactones) is 1. The molecule has 1 N–H and O–H groups in total. The molecule has 4 rings (SSSR count). The van der Waals surface area contributed by atoms with Gasteiger partial charge in [-0.2, -0.15) is 0 Å². The number of hydrogen-bond donors (Lipinski definition) is 1. The monoisotopic (exact) mass is 435 g/mol. The van der Waals surface area contributed by atoms with Crippen molar-refractivity contribution >= 4 is 38.3 Å². The van der Waals surface area contributed by atoms with Crippen LogP contribution in [0.2, 0.25) is 0 Å². The van der Waals surface area contributed by atoms with Crippen LogP contribution >= 0.6 is 0 Å². The molecule has 0 saturated carbocycles. The third-order valence-corrected chi connectivity index (χ3v) is 7.62. The third-order valence-electron chi connectivity index (χ3n) is 5.06. The highest BCUT2D eigenvalue weighted by atomic mass is 32.2. The van der Waals surface area contributed by atoms with Crippen molar-refractivity contribution in [3.63, 3.8) is 0 Å². The number of benzene rings is 1. The second-order valence-corrected chi connectivity index (χ2v) is 10.9. The van der Waals surface area contributed by atoms with Crippen LogP contribution in [0.25, 0.3) is 0 Å². The van der Waals surface area contributed by atoms with E-state index in [4.69, 9.17) is 4.74 Å². The van der Waals surface area contributed by atoms with Crippen LogP contribution in [0.15, 0.2) is 12.1 Å². The molecule has 3 saturated heterocycles. The summed E-state index contributed by atoms with van der Waals surface area (Å²) in [6.45, 7) is 0.757. The molecule has 28 heavy (non-hydrogen) atoms. The molecule has 1 aromatic carbocycles. The van der Waals surface area contributed by atoms with Gasteiger partial charge in [0.05, 0.1) is 18.5 Å². The number of halogens is 2. The second-order valence-electron chi connectivity index (χ2n) is 7.58. The van der Waals surface area contributed by atoms with Crippen molar-refractivity contribution in [2.75, 3.05) is 53.7 Å². The molecule has 1 atom stereocenters. The Balaban J connectivity index is 1.46. The average Bonchev–Trinajstić information content (AvgIpc) is 2.88. The van der Waals surface area contributed by atoms with Crippen LogP contribution in [0.4, 0.5) is 25.0 Å². The standard InChI is InChI=1S/C16H19F2N3O5S2/c1-28(24,25)19-4-11-5-21(15(22)26-11)10-2-12(17)14(13(18)3-10)20-6-16(7-20)8-27(23)9-16/h2-3,11,19H,4-9H2,1H3. The van der Waals surface area contributed by atoms with E-state index in [1.165, 1.54) is 0 Å². The van der Waals surface area contributed by atoms with Crippen molar-refractivity contribution in [3.8, 4) is 0 Å². The average molecular weight is 435 g/mol. The van der Waals surface area contributed by atoms with Crippen molar-refractivity contribution in [2.45, 2.75) is 6.10 Å². The highest BCUT2D eigenvalue weighted by Crippen LogP contribution is 2.44. The molecule has 0 aliphatic carbocycles. The molecule has 8 nitrogen and oxygen atoms in total. The molecule has 0 aromatic heterocycles. The Hall–Kier alpha value is -1.79. The first kappa shape index (κ1) is 19.5. The van der Waals surface area contributed by atoms with Gasteiger partial charge in [-0.05, 0) is 0 Å². The molecule has 1 aromatic rings. The minimum Gasteiger partial charge on any atom is -0.443 e. The summed E-state index contributed by atoms with van der Waals surface area (Å²) < 4.78 is 70.1. The number of amides is 1. The van der Waals surface area contributed by atoms with Crippen LogP contribution in [0, 0.1) is 17.0 Å². The zero-order valence-electron chi connectivity index (χ0n) is 15.0. The van der Waals surface area contributed by atoms with Crippen LogP contribution in [0.3, 0.4) is 0 Å². The summed E-state index contributed by atoms with van der Waals surface area (Å²) in [5.74, 6) is -0.465. The predicted molar refractivity (Wildman–Crippen MR) is 99.3 cm³/mol. The van der Waals surface area contributed by atoms with E-state index in [1.54, 1.807) is 4.90 Å². The largest absolute Gasteiger partial charge is 0.443 e. The maximum atomic E-state index is 14.6. The molecule has 3 aliphatic heterocycles. The van der Waals surface area contributed by atoms with Gasteiger partial charge in [0.2, 0.25) is 10.0 Å². The lowest BCUT2D eigenvalue weighted by Crippen LogP contribution is -2.67. The minimum atomic E-state index is -3.45. The summed E-state index contributed by atoms with van der Waals surface area (Å²) >= 11 is 0. The first-order valence-corrected chi connectivity index (χ1v) is 11.9. The number of nitrogens with zero attached hydrogens (tertiary/aromatic N) is 2. The molecule has 3 aliphatic rings. The van der Waals surface area contributed by atoms with Crippen LogP contribution in [0.5, 0.6) is 0 Å². The van der Waals surface area contributed by atoms with Gasteiger partial charge in [-0.15, -0.1) is 0 Å². The molecule has 1 unspecified atom stereocenters. The van der Waals surface area contributed by atoms with E-state index in [2.05, 4.69) is 4.72 Å². The number of ether oxygens (including phenoxy) is 1. The van der Waals surface area contributed by atoms with E-state index < -0.39 is 44.7 Å². The number of hydrogen-bond acceptors (Lipinski definition) is 6. The Morgan fingerprint density at radius 1 is 1.29 bits per heavy atom. The van der Waals surface area contributed by atoms with Crippen molar-refractivity contribution in [2.24, 2.45) is 5.41 Å².